The molecule has 1 fully saturated rings. The van der Waals surface area contributed by atoms with E-state index in [-0.39, 0.29) is 5.82 Å². The normalized spacial score (nSPS) is 15.7. The second-order valence-corrected chi connectivity index (χ2v) is 7.01. The van der Waals surface area contributed by atoms with Gasteiger partial charge in [-0.3, -0.25) is 4.99 Å². The molecule has 1 aromatic heterocycles. The highest BCUT2D eigenvalue weighted by Gasteiger charge is 2.21. The number of halogens is 1. The highest BCUT2D eigenvalue weighted by molar-refractivity contribution is 7.11. The molecule has 2 aromatic rings. The van der Waals surface area contributed by atoms with Gasteiger partial charge in [-0.2, -0.15) is 0 Å². The Kier molecular flexibility index (Phi) is 5.30. The summed E-state index contributed by atoms with van der Waals surface area (Å²) in [4.78, 5) is 14.2. The number of hydrogen-bond acceptors (Lipinski definition) is 4. The first-order valence-electron chi connectivity index (χ1n) is 8.04. The standard InChI is InChI=1S/C17H22FN5S/c1-13-11-20-16(24-13)12-21-17(19-2)23-9-7-22(8-10-23)15-6-4-3-5-14(15)18/h3-6,11H,7-10,12H2,1-2H3,(H,19,21). The number of benzene rings is 1. The average Bonchev–Trinajstić information content (AvgIpc) is 3.02. The van der Waals surface area contributed by atoms with Crippen molar-refractivity contribution in [3.63, 3.8) is 0 Å². The average molecular weight is 347 g/mol. The summed E-state index contributed by atoms with van der Waals surface area (Å²) in [7, 11) is 1.79. The summed E-state index contributed by atoms with van der Waals surface area (Å²) in [6.45, 7) is 5.91. The van der Waals surface area contributed by atoms with Crippen LogP contribution < -0.4 is 10.2 Å². The molecular weight excluding hydrogens is 325 g/mol. The van der Waals surface area contributed by atoms with E-state index in [0.29, 0.717) is 12.2 Å². The Balaban J connectivity index is 1.55. The van der Waals surface area contributed by atoms with Crippen LogP contribution >= 0.6 is 11.3 Å². The van der Waals surface area contributed by atoms with Gasteiger partial charge in [0.05, 0.1) is 12.2 Å². The molecule has 1 aromatic carbocycles. The molecule has 1 N–H and O–H groups in total. The van der Waals surface area contributed by atoms with Gasteiger partial charge in [0.2, 0.25) is 0 Å². The topological polar surface area (TPSA) is 43.8 Å². The molecule has 7 heteroatoms. The van der Waals surface area contributed by atoms with Crippen molar-refractivity contribution in [2.24, 2.45) is 4.99 Å². The van der Waals surface area contributed by atoms with E-state index < -0.39 is 0 Å². The molecule has 1 saturated heterocycles. The van der Waals surface area contributed by atoms with Crippen molar-refractivity contribution >= 4 is 23.0 Å². The van der Waals surface area contributed by atoms with Gasteiger partial charge in [-0.05, 0) is 19.1 Å². The third-order valence-corrected chi connectivity index (χ3v) is 4.96. The predicted molar refractivity (Wildman–Crippen MR) is 97.2 cm³/mol. The number of aromatic nitrogens is 1. The van der Waals surface area contributed by atoms with Crippen LogP contribution in [0.2, 0.25) is 0 Å². The van der Waals surface area contributed by atoms with Crippen molar-refractivity contribution in [2.75, 3.05) is 38.1 Å². The number of aliphatic imine (C=N–C) groups is 1. The van der Waals surface area contributed by atoms with Crippen LogP contribution in [-0.4, -0.2) is 49.1 Å². The summed E-state index contributed by atoms with van der Waals surface area (Å²) < 4.78 is 13.9. The summed E-state index contributed by atoms with van der Waals surface area (Å²) in [5, 5.41) is 4.42. The summed E-state index contributed by atoms with van der Waals surface area (Å²) in [6, 6.07) is 6.95. The molecule has 0 unspecified atom stereocenters. The number of guanidine groups is 1. The maximum absolute atomic E-state index is 13.9. The molecule has 2 heterocycles. The van der Waals surface area contributed by atoms with Crippen LogP contribution in [0.25, 0.3) is 0 Å². The minimum atomic E-state index is -0.160. The Morgan fingerprint density at radius 3 is 2.67 bits per heavy atom. The van der Waals surface area contributed by atoms with Crippen LogP contribution in [0.15, 0.2) is 35.5 Å². The van der Waals surface area contributed by atoms with Crippen LogP contribution in [0.5, 0.6) is 0 Å². The van der Waals surface area contributed by atoms with Crippen molar-refractivity contribution < 1.29 is 4.39 Å². The van der Waals surface area contributed by atoms with Crippen LogP contribution in [-0.2, 0) is 6.54 Å². The molecule has 0 atom stereocenters. The van der Waals surface area contributed by atoms with E-state index in [4.69, 9.17) is 0 Å². The van der Waals surface area contributed by atoms with Gasteiger partial charge >= 0.3 is 0 Å². The highest BCUT2D eigenvalue weighted by atomic mass is 32.1. The first-order valence-corrected chi connectivity index (χ1v) is 8.85. The lowest BCUT2D eigenvalue weighted by Gasteiger charge is -2.37. The first-order chi connectivity index (χ1) is 11.7. The fraction of sp³-hybridized carbons (Fsp3) is 0.412. The van der Waals surface area contributed by atoms with E-state index >= 15 is 0 Å². The molecule has 128 valence electrons. The Labute approximate surface area is 145 Å². The third kappa shape index (κ3) is 3.84. The molecule has 0 aliphatic carbocycles. The van der Waals surface area contributed by atoms with Crippen molar-refractivity contribution in [3.8, 4) is 0 Å². The van der Waals surface area contributed by atoms with Crippen molar-refractivity contribution in [3.05, 3.63) is 46.2 Å². The van der Waals surface area contributed by atoms with Crippen LogP contribution in [0, 0.1) is 12.7 Å². The van der Waals surface area contributed by atoms with Gasteiger partial charge in [0.1, 0.15) is 10.8 Å². The number of anilines is 1. The molecule has 24 heavy (non-hydrogen) atoms. The van der Waals surface area contributed by atoms with Crippen molar-refractivity contribution in [2.45, 2.75) is 13.5 Å². The van der Waals surface area contributed by atoms with E-state index in [0.717, 1.165) is 37.1 Å². The summed E-state index contributed by atoms with van der Waals surface area (Å²) in [5.74, 6) is 0.712. The van der Waals surface area contributed by atoms with E-state index in [2.05, 4.69) is 32.0 Å². The lowest BCUT2D eigenvalue weighted by atomic mass is 10.2. The smallest absolute Gasteiger partial charge is 0.194 e. The van der Waals surface area contributed by atoms with Crippen LogP contribution in [0.1, 0.15) is 9.88 Å². The quantitative estimate of drug-likeness (QED) is 0.684. The number of nitrogens with zero attached hydrogens (tertiary/aromatic N) is 4. The number of aryl methyl sites for hydroxylation is 1. The van der Waals surface area contributed by atoms with E-state index in [1.54, 1.807) is 24.5 Å². The SMILES string of the molecule is CN=C(NCc1ncc(C)s1)N1CCN(c2ccccc2F)CC1. The summed E-state index contributed by atoms with van der Waals surface area (Å²) >= 11 is 1.69. The zero-order valence-corrected chi connectivity index (χ0v) is 14.8. The Morgan fingerprint density at radius 2 is 2.04 bits per heavy atom. The first kappa shape index (κ1) is 16.7. The van der Waals surface area contributed by atoms with E-state index in [1.165, 1.54) is 10.9 Å². The minimum Gasteiger partial charge on any atom is -0.366 e. The number of para-hydroxylation sites is 1. The van der Waals surface area contributed by atoms with Crippen molar-refractivity contribution in [1.29, 1.82) is 0 Å². The van der Waals surface area contributed by atoms with Crippen LogP contribution in [0.3, 0.4) is 0 Å². The van der Waals surface area contributed by atoms with Gasteiger partial charge in [-0.1, -0.05) is 12.1 Å². The minimum absolute atomic E-state index is 0.160. The fourth-order valence-electron chi connectivity index (χ4n) is 2.84. The zero-order valence-electron chi connectivity index (χ0n) is 14.0. The van der Waals surface area contributed by atoms with Gasteiger partial charge in [-0.25, -0.2) is 9.37 Å². The molecule has 5 nitrogen and oxygen atoms in total. The van der Waals surface area contributed by atoms with Gasteiger partial charge < -0.3 is 15.1 Å². The van der Waals surface area contributed by atoms with Gasteiger partial charge in [-0.15, -0.1) is 11.3 Å². The molecule has 0 saturated carbocycles. The lowest BCUT2D eigenvalue weighted by molar-refractivity contribution is 0.370. The third-order valence-electron chi connectivity index (χ3n) is 4.05. The Morgan fingerprint density at radius 1 is 1.29 bits per heavy atom. The molecule has 3 rings (SSSR count). The number of rotatable bonds is 3. The molecule has 0 bridgehead atoms. The number of piperazine rings is 1. The van der Waals surface area contributed by atoms with E-state index in [9.17, 15) is 4.39 Å². The van der Waals surface area contributed by atoms with Gasteiger partial charge in [0, 0.05) is 44.3 Å². The number of nitrogens with one attached hydrogen (secondary N) is 1. The molecular formula is C17H22FN5S. The second kappa shape index (κ2) is 7.61. The predicted octanol–water partition coefficient (Wildman–Crippen LogP) is 2.49. The Bertz CT molecular complexity index is 707. The molecule has 0 radical (unpaired) electrons. The van der Waals surface area contributed by atoms with Crippen LogP contribution in [0.4, 0.5) is 10.1 Å². The fourth-order valence-corrected chi connectivity index (χ4v) is 3.56. The molecule has 0 amide bonds. The van der Waals surface area contributed by atoms with E-state index in [1.807, 2.05) is 18.3 Å². The Hall–Kier alpha value is -2.15. The highest BCUT2D eigenvalue weighted by Crippen LogP contribution is 2.20. The largest absolute Gasteiger partial charge is 0.366 e. The second-order valence-electron chi connectivity index (χ2n) is 5.69. The van der Waals surface area contributed by atoms with Gasteiger partial charge in [0.15, 0.2) is 5.96 Å². The summed E-state index contributed by atoms with van der Waals surface area (Å²) in [5.41, 5.74) is 0.679. The lowest BCUT2D eigenvalue weighted by Crippen LogP contribution is -2.52. The number of thiazole rings is 1. The maximum Gasteiger partial charge on any atom is 0.194 e. The van der Waals surface area contributed by atoms with Gasteiger partial charge in [0.25, 0.3) is 0 Å². The monoisotopic (exact) mass is 347 g/mol. The molecule has 1 aliphatic heterocycles. The van der Waals surface area contributed by atoms with Crippen molar-refractivity contribution in [1.82, 2.24) is 15.2 Å². The molecule has 0 spiro atoms. The summed E-state index contributed by atoms with van der Waals surface area (Å²) in [6.07, 6.45) is 1.89. The number of hydrogen-bond donors (Lipinski definition) is 1. The maximum atomic E-state index is 13.9. The zero-order chi connectivity index (χ0) is 16.9. The molecule has 1 aliphatic rings.